The van der Waals surface area contributed by atoms with Gasteiger partial charge in [0, 0.05) is 74.9 Å². The molecule has 0 atom stereocenters. The maximum Gasteiger partial charge on any atom is 0.155 e. The first-order valence-corrected chi connectivity index (χ1v) is 12.6. The highest BCUT2D eigenvalue weighted by molar-refractivity contribution is 5.90. The van der Waals surface area contributed by atoms with E-state index in [1.165, 1.54) is 5.56 Å². The Morgan fingerprint density at radius 2 is 2.00 bits per heavy atom. The summed E-state index contributed by atoms with van der Waals surface area (Å²) in [4.78, 5) is 15.6. The van der Waals surface area contributed by atoms with Gasteiger partial charge in [-0.2, -0.15) is 5.10 Å². The summed E-state index contributed by atoms with van der Waals surface area (Å²) in [5.74, 6) is 2.12. The van der Waals surface area contributed by atoms with Crippen molar-refractivity contribution in [1.29, 1.82) is 0 Å². The fraction of sp³-hybridized carbons (Fsp3) is 0.444. The van der Waals surface area contributed by atoms with E-state index in [0.29, 0.717) is 18.9 Å². The van der Waals surface area contributed by atoms with Crippen LogP contribution in [0.4, 0.5) is 0 Å². The number of nitrogens with one attached hydrogen (secondary N) is 2. The maximum atomic E-state index is 6.33. The van der Waals surface area contributed by atoms with Gasteiger partial charge in [-0.05, 0) is 42.7 Å². The molecule has 0 saturated carbocycles. The van der Waals surface area contributed by atoms with Crippen LogP contribution in [0.15, 0.2) is 42.9 Å². The number of ether oxygens (including phenoxy) is 1. The fourth-order valence-electron chi connectivity index (χ4n) is 4.51. The van der Waals surface area contributed by atoms with Gasteiger partial charge in [0.15, 0.2) is 5.75 Å². The number of hydrogen-bond acceptors (Lipinski definition) is 6. The second kappa shape index (κ2) is 10.6. The van der Waals surface area contributed by atoms with Crippen LogP contribution in [-0.4, -0.2) is 62.4 Å². The number of H-pyrrole nitrogens is 1. The van der Waals surface area contributed by atoms with Crippen molar-refractivity contribution < 1.29 is 4.74 Å². The van der Waals surface area contributed by atoms with Crippen LogP contribution >= 0.6 is 0 Å². The number of aromatic amines is 1. The second-order valence-electron chi connectivity index (χ2n) is 9.67. The van der Waals surface area contributed by atoms with Crippen LogP contribution in [0.5, 0.6) is 5.75 Å². The lowest BCUT2D eigenvalue weighted by atomic mass is 10.1. The van der Waals surface area contributed by atoms with Crippen molar-refractivity contribution >= 4 is 11.0 Å². The van der Waals surface area contributed by atoms with E-state index in [-0.39, 0.29) is 0 Å². The molecule has 184 valence electrons. The number of imidazole rings is 1. The van der Waals surface area contributed by atoms with Gasteiger partial charge < -0.3 is 15.0 Å². The minimum absolute atomic E-state index is 0.414. The van der Waals surface area contributed by atoms with Crippen molar-refractivity contribution in [2.45, 2.75) is 40.3 Å². The number of piperazine rings is 1. The number of aromatic nitrogens is 5. The molecule has 5 rings (SSSR count). The van der Waals surface area contributed by atoms with Gasteiger partial charge in [-0.25, -0.2) is 4.98 Å². The molecule has 0 radical (unpaired) electrons. The number of fused-ring (bicyclic) bond motifs is 1. The quantitative estimate of drug-likeness (QED) is 0.384. The zero-order valence-corrected chi connectivity index (χ0v) is 20.9. The normalized spacial score (nSPS) is 14.7. The average Bonchev–Trinajstić information content (AvgIpc) is 3.50. The highest BCUT2D eigenvalue weighted by Crippen LogP contribution is 2.36. The van der Waals surface area contributed by atoms with Crippen molar-refractivity contribution in [2.24, 2.45) is 5.92 Å². The molecule has 4 heterocycles. The Balaban J connectivity index is 1.42. The third-order valence-electron chi connectivity index (χ3n) is 6.33. The highest BCUT2D eigenvalue weighted by atomic mass is 16.5. The van der Waals surface area contributed by atoms with Gasteiger partial charge in [0.25, 0.3) is 0 Å². The van der Waals surface area contributed by atoms with Gasteiger partial charge in [0.2, 0.25) is 0 Å². The predicted molar refractivity (Wildman–Crippen MR) is 139 cm³/mol. The lowest BCUT2D eigenvalue weighted by molar-refractivity contribution is 0.233. The van der Waals surface area contributed by atoms with Crippen LogP contribution in [0.3, 0.4) is 0 Å². The Hall–Kier alpha value is -3.23. The van der Waals surface area contributed by atoms with Gasteiger partial charge in [-0.1, -0.05) is 13.8 Å². The third-order valence-corrected chi connectivity index (χ3v) is 6.33. The minimum Gasteiger partial charge on any atom is -0.490 e. The Morgan fingerprint density at radius 3 is 2.77 bits per heavy atom. The maximum absolute atomic E-state index is 6.33. The first-order chi connectivity index (χ1) is 17.1. The Labute approximate surface area is 206 Å². The van der Waals surface area contributed by atoms with Crippen LogP contribution in [-0.2, 0) is 19.5 Å². The van der Waals surface area contributed by atoms with Gasteiger partial charge in [-0.3, -0.25) is 14.6 Å². The van der Waals surface area contributed by atoms with E-state index >= 15 is 0 Å². The summed E-state index contributed by atoms with van der Waals surface area (Å²) in [6.07, 6.45) is 6.52. The number of hydrogen-bond donors (Lipinski definition) is 2. The molecule has 0 bridgehead atoms. The van der Waals surface area contributed by atoms with Crippen LogP contribution < -0.4 is 10.1 Å². The Morgan fingerprint density at radius 1 is 1.14 bits per heavy atom. The number of aryl methyl sites for hydroxylation is 1. The summed E-state index contributed by atoms with van der Waals surface area (Å²) >= 11 is 0. The molecule has 1 aromatic carbocycles. The van der Waals surface area contributed by atoms with Crippen molar-refractivity contribution in [3.63, 3.8) is 0 Å². The van der Waals surface area contributed by atoms with Crippen molar-refractivity contribution in [3.05, 3.63) is 59.9 Å². The molecule has 3 aromatic heterocycles. The SMILES string of the molecule is CCn1cc(-c2ccc3[nH]c(Cc4cc(CN5CCNCC5)ccn4)nc3c2OCC(C)C)cn1. The first-order valence-electron chi connectivity index (χ1n) is 12.6. The third kappa shape index (κ3) is 5.55. The molecule has 0 spiro atoms. The van der Waals surface area contributed by atoms with Crippen LogP contribution in [0.1, 0.15) is 37.9 Å². The lowest BCUT2D eigenvalue weighted by Crippen LogP contribution is -2.42. The average molecular weight is 474 g/mol. The van der Waals surface area contributed by atoms with Gasteiger partial charge >= 0.3 is 0 Å². The summed E-state index contributed by atoms with van der Waals surface area (Å²) in [5.41, 5.74) is 6.21. The summed E-state index contributed by atoms with van der Waals surface area (Å²) < 4.78 is 8.26. The molecule has 2 N–H and O–H groups in total. The minimum atomic E-state index is 0.414. The summed E-state index contributed by atoms with van der Waals surface area (Å²) in [6.45, 7) is 13.1. The van der Waals surface area contributed by atoms with Crippen LogP contribution in [0.25, 0.3) is 22.2 Å². The molecule has 0 unspecified atom stereocenters. The fourth-order valence-corrected chi connectivity index (χ4v) is 4.51. The molecular weight excluding hydrogens is 438 g/mol. The number of pyridine rings is 1. The zero-order valence-electron chi connectivity index (χ0n) is 20.9. The smallest absolute Gasteiger partial charge is 0.155 e. The number of benzene rings is 1. The van der Waals surface area contributed by atoms with Crippen molar-refractivity contribution in [2.75, 3.05) is 32.8 Å². The van der Waals surface area contributed by atoms with E-state index in [4.69, 9.17) is 9.72 Å². The summed E-state index contributed by atoms with van der Waals surface area (Å²) in [5, 5.41) is 7.87. The molecule has 1 saturated heterocycles. The molecule has 8 heteroatoms. The molecule has 4 aromatic rings. The lowest BCUT2D eigenvalue weighted by Gasteiger charge is -2.27. The molecule has 1 aliphatic heterocycles. The predicted octanol–water partition coefficient (Wildman–Crippen LogP) is 3.87. The highest BCUT2D eigenvalue weighted by Gasteiger charge is 2.18. The molecule has 1 aliphatic rings. The summed E-state index contributed by atoms with van der Waals surface area (Å²) in [7, 11) is 0. The zero-order chi connectivity index (χ0) is 24.2. The topological polar surface area (TPSA) is 83.9 Å². The molecule has 0 amide bonds. The monoisotopic (exact) mass is 473 g/mol. The van der Waals surface area contributed by atoms with Gasteiger partial charge in [0.1, 0.15) is 11.3 Å². The summed E-state index contributed by atoms with van der Waals surface area (Å²) in [6, 6.07) is 8.50. The van der Waals surface area contributed by atoms with E-state index in [1.54, 1.807) is 0 Å². The van der Waals surface area contributed by atoms with Crippen molar-refractivity contribution in [1.82, 2.24) is 34.9 Å². The van der Waals surface area contributed by atoms with Crippen molar-refractivity contribution in [3.8, 4) is 16.9 Å². The van der Waals surface area contributed by atoms with E-state index in [0.717, 1.165) is 78.7 Å². The molecule has 35 heavy (non-hydrogen) atoms. The second-order valence-corrected chi connectivity index (χ2v) is 9.67. The molecular formula is C27H35N7O. The van der Waals surface area contributed by atoms with Gasteiger partial charge in [-0.15, -0.1) is 0 Å². The Bertz CT molecular complexity index is 1270. The molecule has 1 fully saturated rings. The van der Waals surface area contributed by atoms with Crippen LogP contribution in [0.2, 0.25) is 0 Å². The number of nitrogens with zero attached hydrogens (tertiary/aromatic N) is 5. The first kappa shape index (κ1) is 23.5. The van der Waals surface area contributed by atoms with E-state index in [1.807, 2.05) is 17.1 Å². The molecule has 8 nitrogen and oxygen atoms in total. The van der Waals surface area contributed by atoms with E-state index < -0.39 is 0 Å². The Kier molecular flexibility index (Phi) is 7.11. The van der Waals surface area contributed by atoms with E-state index in [2.05, 4.69) is 76.5 Å². The number of rotatable bonds is 9. The van der Waals surface area contributed by atoms with Crippen LogP contribution in [0, 0.1) is 5.92 Å². The standard InChI is InChI=1S/C27H35N7O/c1-4-34-17-21(15-30-34)23-5-6-24-26(27(23)35-18-19(2)3)32-25(31-24)14-22-13-20(7-8-29-22)16-33-11-9-28-10-12-33/h5-8,13,15,17,19,28H,4,9-12,14,16,18H2,1-3H3,(H,31,32). The van der Waals surface area contributed by atoms with Gasteiger partial charge in [0.05, 0.1) is 18.3 Å². The largest absolute Gasteiger partial charge is 0.490 e. The molecule has 0 aliphatic carbocycles. The van der Waals surface area contributed by atoms with E-state index in [9.17, 15) is 0 Å².